The van der Waals surface area contributed by atoms with Crippen LogP contribution in [0.4, 0.5) is 9.59 Å². The highest BCUT2D eigenvalue weighted by Crippen LogP contribution is 2.44. The first-order chi connectivity index (χ1) is 34.1. The van der Waals surface area contributed by atoms with Gasteiger partial charge in [0.15, 0.2) is 0 Å². The van der Waals surface area contributed by atoms with Gasteiger partial charge in [0.1, 0.15) is 61.5 Å². The molecule has 0 heterocycles. The number of amides is 4. The summed E-state index contributed by atoms with van der Waals surface area (Å²) in [5.74, 6) is -2.21. The van der Waals surface area contributed by atoms with Gasteiger partial charge in [-0.05, 0) is 122 Å². The molecule has 0 saturated heterocycles. The van der Waals surface area contributed by atoms with Gasteiger partial charge in [0.2, 0.25) is 11.8 Å². The van der Waals surface area contributed by atoms with Crippen molar-refractivity contribution in [1.29, 1.82) is 0 Å². The lowest BCUT2D eigenvalue weighted by Crippen LogP contribution is -2.48. The molecule has 8 N–H and O–H groups in total. The lowest BCUT2D eigenvalue weighted by molar-refractivity contribution is -0.168. The average molecular weight is 999 g/mol. The average Bonchev–Trinajstić information content (AvgIpc) is 3.33. The predicted molar refractivity (Wildman–Crippen MR) is 267 cm³/mol. The quantitative estimate of drug-likeness (QED) is 0.0183. The molecule has 0 aliphatic rings. The Balaban J connectivity index is 1.29. The second-order valence-corrected chi connectivity index (χ2v) is 19.0. The summed E-state index contributed by atoms with van der Waals surface area (Å²) in [6.45, 7) is 10.1. The largest absolute Gasteiger partial charge is 0.508 e. The molecule has 0 fully saturated rings. The Labute approximate surface area is 420 Å². The number of nitrogens with one attached hydrogen (secondary N) is 4. The second-order valence-electron chi connectivity index (χ2n) is 19.0. The topological polar surface area (TPSA) is 268 Å². The smallest absolute Gasteiger partial charge is 0.407 e. The standard InChI is InChI=1S/C54H70N4O14/c1-35(2)33-53(5,49(65)69-27-29-71-51(67)57-45(31-39-11-19-43(61)20-12-39)47(63)55-25-23-37-7-15-41(59)16-8-37)34-54(6,36(3)4)50(66)70-28-30-72-52(68)58-46(32-40-13-21-44(62)22-14-40)48(64)56-26-24-38-9-17-42(60)18-10-38/h7-22,35-36,45-46,59-62H,23-34H2,1-6H3,(H,55,63)(H,56,64)(H,57,67)(H,58,68)/t45-,46-,53?,54?/m0/s1. The van der Waals surface area contributed by atoms with Crippen LogP contribution in [-0.2, 0) is 63.8 Å². The van der Waals surface area contributed by atoms with E-state index in [1.165, 1.54) is 24.3 Å². The van der Waals surface area contributed by atoms with Crippen LogP contribution in [0.5, 0.6) is 23.0 Å². The summed E-state index contributed by atoms with van der Waals surface area (Å²) in [5.41, 5.74) is 0.669. The molecule has 0 aliphatic carbocycles. The van der Waals surface area contributed by atoms with E-state index < -0.39 is 58.9 Å². The third-order valence-electron chi connectivity index (χ3n) is 12.2. The number of aromatic hydroxyl groups is 4. The highest BCUT2D eigenvalue weighted by atomic mass is 16.6. The fourth-order valence-corrected chi connectivity index (χ4v) is 8.08. The molecule has 0 bridgehead atoms. The van der Waals surface area contributed by atoms with Crippen LogP contribution in [0.3, 0.4) is 0 Å². The molecule has 4 aromatic carbocycles. The van der Waals surface area contributed by atoms with Gasteiger partial charge in [0.25, 0.3) is 0 Å². The molecule has 0 aliphatic heterocycles. The molecule has 0 radical (unpaired) electrons. The van der Waals surface area contributed by atoms with Crippen LogP contribution < -0.4 is 21.3 Å². The van der Waals surface area contributed by atoms with Crippen molar-refractivity contribution >= 4 is 35.9 Å². The minimum Gasteiger partial charge on any atom is -0.508 e. The van der Waals surface area contributed by atoms with E-state index >= 15 is 0 Å². The molecule has 72 heavy (non-hydrogen) atoms. The van der Waals surface area contributed by atoms with Crippen molar-refractivity contribution in [3.8, 4) is 23.0 Å². The van der Waals surface area contributed by atoms with E-state index in [0.717, 1.165) is 11.1 Å². The fourth-order valence-electron chi connectivity index (χ4n) is 8.08. The van der Waals surface area contributed by atoms with Crippen LogP contribution in [0.15, 0.2) is 97.1 Å². The van der Waals surface area contributed by atoms with E-state index in [2.05, 4.69) is 21.3 Å². The molecular weight excluding hydrogens is 929 g/mol. The van der Waals surface area contributed by atoms with Gasteiger partial charge in [0.05, 0.1) is 10.8 Å². The summed E-state index contributed by atoms with van der Waals surface area (Å²) in [6, 6.07) is 23.4. The van der Waals surface area contributed by atoms with E-state index in [9.17, 15) is 49.2 Å². The van der Waals surface area contributed by atoms with Gasteiger partial charge in [-0.25, -0.2) is 9.59 Å². The van der Waals surface area contributed by atoms with Crippen LogP contribution in [0.25, 0.3) is 0 Å². The first-order valence-corrected chi connectivity index (χ1v) is 24.0. The molecule has 4 aromatic rings. The van der Waals surface area contributed by atoms with E-state index in [0.29, 0.717) is 30.4 Å². The summed E-state index contributed by atoms with van der Waals surface area (Å²) in [5, 5.41) is 49.4. The summed E-state index contributed by atoms with van der Waals surface area (Å²) >= 11 is 0. The molecule has 4 amide bonds. The molecule has 4 rings (SSSR count). The molecular formula is C54H70N4O14. The summed E-state index contributed by atoms with van der Waals surface area (Å²) in [6.07, 6.45) is -0.395. The number of phenols is 4. The molecule has 18 heteroatoms. The van der Waals surface area contributed by atoms with E-state index in [1.54, 1.807) is 86.6 Å². The number of rotatable bonds is 27. The monoisotopic (exact) mass is 998 g/mol. The molecule has 390 valence electrons. The van der Waals surface area contributed by atoms with Gasteiger partial charge in [-0.3, -0.25) is 19.2 Å². The molecule has 18 nitrogen and oxygen atoms in total. The van der Waals surface area contributed by atoms with Crippen molar-refractivity contribution in [2.24, 2.45) is 22.7 Å². The third-order valence-corrected chi connectivity index (χ3v) is 12.2. The zero-order valence-corrected chi connectivity index (χ0v) is 41.9. The van der Waals surface area contributed by atoms with E-state index in [4.69, 9.17) is 18.9 Å². The molecule has 4 atom stereocenters. The number of carbonyl (C=O) groups is 6. The normalized spacial score (nSPS) is 13.6. The van der Waals surface area contributed by atoms with Gasteiger partial charge in [0, 0.05) is 25.9 Å². The molecule has 0 aromatic heterocycles. The van der Waals surface area contributed by atoms with Crippen LogP contribution in [0.2, 0.25) is 0 Å². The number of alkyl carbamates (subject to hydrolysis) is 2. The fraction of sp³-hybridized carbons (Fsp3) is 0.444. The van der Waals surface area contributed by atoms with Crippen molar-refractivity contribution in [3.05, 3.63) is 119 Å². The first-order valence-electron chi connectivity index (χ1n) is 24.0. The third kappa shape index (κ3) is 19.0. The second kappa shape index (κ2) is 27.8. The highest BCUT2D eigenvalue weighted by molar-refractivity contribution is 5.87. The van der Waals surface area contributed by atoms with Gasteiger partial charge < -0.3 is 60.6 Å². The zero-order valence-electron chi connectivity index (χ0n) is 41.9. The van der Waals surface area contributed by atoms with Crippen molar-refractivity contribution < 1.29 is 68.1 Å². The predicted octanol–water partition coefficient (Wildman–Crippen LogP) is 6.39. The summed E-state index contributed by atoms with van der Waals surface area (Å²) in [4.78, 5) is 80.3. The van der Waals surface area contributed by atoms with Gasteiger partial charge in [-0.1, -0.05) is 76.2 Å². The Morgan fingerprint density at radius 2 is 0.819 bits per heavy atom. The van der Waals surface area contributed by atoms with Crippen molar-refractivity contribution in [3.63, 3.8) is 0 Å². The molecule has 0 spiro atoms. The minimum atomic E-state index is -1.22. The Hall–Kier alpha value is -7.50. The Morgan fingerprint density at radius 3 is 1.17 bits per heavy atom. The first kappa shape index (κ1) is 57.1. The minimum absolute atomic E-state index is 0.000822. The maximum Gasteiger partial charge on any atom is 0.407 e. The maximum atomic E-state index is 13.9. The van der Waals surface area contributed by atoms with Gasteiger partial charge >= 0.3 is 24.1 Å². The lowest BCUT2D eigenvalue weighted by Gasteiger charge is -2.39. The lowest BCUT2D eigenvalue weighted by atomic mass is 9.65. The number of benzene rings is 4. The van der Waals surface area contributed by atoms with Crippen LogP contribution >= 0.6 is 0 Å². The number of carbonyl (C=O) groups excluding carboxylic acids is 6. The number of hydrogen-bond donors (Lipinski definition) is 8. The van der Waals surface area contributed by atoms with E-state index in [1.807, 2.05) is 27.7 Å². The molecule has 0 saturated carbocycles. The zero-order chi connectivity index (χ0) is 52.8. The summed E-state index contributed by atoms with van der Waals surface area (Å²) < 4.78 is 22.0. The number of esters is 2. The summed E-state index contributed by atoms with van der Waals surface area (Å²) in [7, 11) is 0. The van der Waals surface area contributed by atoms with Crippen molar-refractivity contribution in [2.75, 3.05) is 39.5 Å². The van der Waals surface area contributed by atoms with Crippen LogP contribution in [-0.4, -0.2) is 108 Å². The van der Waals surface area contributed by atoms with Crippen LogP contribution in [0, 0.1) is 22.7 Å². The maximum absolute atomic E-state index is 13.9. The Kier molecular flexibility index (Phi) is 22.0. The molecule has 2 unspecified atom stereocenters. The van der Waals surface area contributed by atoms with E-state index in [-0.39, 0.29) is 93.6 Å². The Morgan fingerprint density at radius 1 is 0.486 bits per heavy atom. The number of phenolic OH excluding ortho intramolecular Hbond substituents is 4. The number of ether oxygens (including phenoxy) is 4. The van der Waals surface area contributed by atoms with Crippen molar-refractivity contribution in [1.82, 2.24) is 21.3 Å². The van der Waals surface area contributed by atoms with Gasteiger partial charge in [-0.15, -0.1) is 0 Å². The van der Waals surface area contributed by atoms with Gasteiger partial charge in [-0.2, -0.15) is 0 Å². The number of hydrogen-bond acceptors (Lipinski definition) is 14. The van der Waals surface area contributed by atoms with Crippen LogP contribution in [0.1, 0.15) is 76.6 Å². The Bertz CT molecular complexity index is 2380. The van der Waals surface area contributed by atoms with Crippen molar-refractivity contribution in [2.45, 2.75) is 92.2 Å². The highest BCUT2D eigenvalue weighted by Gasteiger charge is 2.48. The SMILES string of the molecule is CC(C)CC(C)(CC(C)(C(=O)OCCOC(=O)N[C@@H](Cc1ccc(O)cc1)C(=O)NCCc1ccc(O)cc1)C(C)C)C(=O)OCCOC(=O)N[C@@H](Cc1ccc(O)cc1)C(=O)NCCc1ccc(O)cc1.